The highest BCUT2D eigenvalue weighted by Gasteiger charge is 2.30. The smallest absolute Gasteiger partial charge is 0.258 e. The number of nitrogens with zero attached hydrogens (tertiary/aromatic N) is 1. The van der Waals surface area contributed by atoms with Gasteiger partial charge in [-0.15, -0.1) is 0 Å². The Labute approximate surface area is 199 Å². The molecule has 1 aliphatic rings. The van der Waals surface area contributed by atoms with Crippen LogP contribution in [0, 0.1) is 3.57 Å². The molecule has 0 aliphatic carbocycles. The number of ether oxygens (including phenoxy) is 1. The summed E-state index contributed by atoms with van der Waals surface area (Å²) in [5, 5.41) is 0.817. The number of likely N-dealkylation sites (N-methyl/N-ethyl adjacent to an activating group) is 1. The highest BCUT2D eigenvalue weighted by atomic mass is 127. The minimum atomic E-state index is -0.0232. The molecule has 3 nitrogen and oxygen atoms in total. The first kappa shape index (κ1) is 21.2. The fourth-order valence-electron chi connectivity index (χ4n) is 3.46. The highest BCUT2D eigenvalue weighted by Crippen LogP contribution is 2.40. The van der Waals surface area contributed by atoms with Gasteiger partial charge in [-0.25, -0.2) is 0 Å². The molecule has 0 spiro atoms. The summed E-state index contributed by atoms with van der Waals surface area (Å²) in [5.41, 5.74) is 4.25. The van der Waals surface area contributed by atoms with Crippen LogP contribution >= 0.6 is 45.8 Å². The van der Waals surface area contributed by atoms with Crippen molar-refractivity contribution in [3.63, 3.8) is 0 Å². The zero-order valence-electron chi connectivity index (χ0n) is 16.2. The zero-order chi connectivity index (χ0) is 21.3. The van der Waals surface area contributed by atoms with E-state index in [-0.39, 0.29) is 5.91 Å². The van der Waals surface area contributed by atoms with Gasteiger partial charge >= 0.3 is 0 Å². The number of carbonyl (C=O) groups is 1. The Morgan fingerprint density at radius 3 is 2.37 bits per heavy atom. The van der Waals surface area contributed by atoms with E-state index in [9.17, 15) is 4.79 Å². The van der Waals surface area contributed by atoms with Gasteiger partial charge in [0.05, 0.1) is 15.7 Å². The molecule has 0 bridgehead atoms. The van der Waals surface area contributed by atoms with Crippen LogP contribution in [0.15, 0.2) is 60.7 Å². The molecule has 4 rings (SSSR count). The van der Waals surface area contributed by atoms with Gasteiger partial charge in [0, 0.05) is 21.3 Å². The summed E-state index contributed by atoms with van der Waals surface area (Å²) in [5.74, 6) is 0.414. The number of hydrogen-bond acceptors (Lipinski definition) is 2. The second-order valence-electron chi connectivity index (χ2n) is 6.85. The first-order valence-corrected chi connectivity index (χ1v) is 11.3. The predicted octanol–water partition coefficient (Wildman–Crippen LogP) is 7.08. The molecule has 0 saturated heterocycles. The summed E-state index contributed by atoms with van der Waals surface area (Å²) in [6, 6.07) is 19.4. The lowest BCUT2D eigenvalue weighted by Gasteiger charge is -2.13. The van der Waals surface area contributed by atoms with Crippen molar-refractivity contribution in [2.24, 2.45) is 0 Å². The number of carbonyl (C=O) groups excluding carboxylic acids is 1. The van der Waals surface area contributed by atoms with Crippen molar-refractivity contribution in [1.29, 1.82) is 0 Å². The van der Waals surface area contributed by atoms with Crippen molar-refractivity contribution in [1.82, 2.24) is 0 Å². The van der Waals surface area contributed by atoms with Crippen molar-refractivity contribution >= 4 is 69.0 Å². The second-order valence-corrected chi connectivity index (χ2v) is 8.91. The van der Waals surface area contributed by atoms with Gasteiger partial charge in [-0.3, -0.25) is 4.79 Å². The predicted molar refractivity (Wildman–Crippen MR) is 132 cm³/mol. The van der Waals surface area contributed by atoms with Crippen molar-refractivity contribution in [2.75, 3.05) is 11.4 Å². The molecule has 0 unspecified atom stereocenters. The second kappa shape index (κ2) is 9.00. The third-order valence-corrected chi connectivity index (χ3v) is 6.19. The van der Waals surface area contributed by atoms with E-state index in [1.54, 1.807) is 17.0 Å². The molecule has 30 heavy (non-hydrogen) atoms. The van der Waals surface area contributed by atoms with Crippen LogP contribution in [-0.2, 0) is 11.4 Å². The van der Waals surface area contributed by atoms with E-state index in [4.69, 9.17) is 27.9 Å². The largest absolute Gasteiger partial charge is 0.486 e. The lowest BCUT2D eigenvalue weighted by molar-refractivity contribution is -0.112. The molecule has 3 aromatic carbocycles. The average molecular weight is 550 g/mol. The minimum absolute atomic E-state index is 0.0232. The summed E-state index contributed by atoms with van der Waals surface area (Å²) < 4.78 is 7.03. The number of rotatable bonds is 5. The van der Waals surface area contributed by atoms with Crippen LogP contribution in [0.25, 0.3) is 11.6 Å². The number of hydrogen-bond donors (Lipinski definition) is 0. The number of para-hydroxylation sites is 1. The van der Waals surface area contributed by atoms with Crippen molar-refractivity contribution in [3.05, 3.63) is 91.0 Å². The van der Waals surface area contributed by atoms with Crippen LogP contribution in [0.4, 0.5) is 5.69 Å². The number of anilines is 1. The number of fused-ring (bicyclic) bond motifs is 1. The first-order chi connectivity index (χ1) is 14.5. The van der Waals surface area contributed by atoms with E-state index in [2.05, 4.69) is 22.6 Å². The van der Waals surface area contributed by atoms with Gasteiger partial charge in [-0.2, -0.15) is 0 Å². The molecule has 0 fully saturated rings. The fourth-order valence-corrected chi connectivity index (χ4v) is 4.44. The maximum atomic E-state index is 12.9. The van der Waals surface area contributed by atoms with Gasteiger partial charge in [-0.05, 0) is 77.0 Å². The summed E-state index contributed by atoms with van der Waals surface area (Å²) in [7, 11) is 0. The van der Waals surface area contributed by atoms with Gasteiger partial charge < -0.3 is 9.64 Å². The Bertz CT molecular complexity index is 1120. The normalized spacial score (nSPS) is 14.3. The maximum absolute atomic E-state index is 12.9. The molecule has 1 heterocycles. The number of halogens is 3. The van der Waals surface area contributed by atoms with Crippen molar-refractivity contribution in [2.45, 2.75) is 13.5 Å². The Hall–Kier alpha value is -2.02. The minimum Gasteiger partial charge on any atom is -0.486 e. The Morgan fingerprint density at radius 1 is 1.03 bits per heavy atom. The van der Waals surface area contributed by atoms with Gasteiger partial charge in [0.1, 0.15) is 6.61 Å². The summed E-state index contributed by atoms with van der Waals surface area (Å²) in [6.45, 7) is 2.94. The van der Waals surface area contributed by atoms with Gasteiger partial charge in [0.15, 0.2) is 5.75 Å². The monoisotopic (exact) mass is 549 g/mol. The molecular formula is C24H18Cl2INO2. The summed E-state index contributed by atoms with van der Waals surface area (Å²) in [4.78, 5) is 14.7. The third kappa shape index (κ3) is 4.22. The Morgan fingerprint density at radius 2 is 1.70 bits per heavy atom. The van der Waals surface area contributed by atoms with Crippen LogP contribution in [0.1, 0.15) is 23.6 Å². The Kier molecular flexibility index (Phi) is 6.37. The van der Waals surface area contributed by atoms with Crippen LogP contribution in [0.3, 0.4) is 0 Å². The molecule has 3 aromatic rings. The topological polar surface area (TPSA) is 29.5 Å². The molecule has 0 radical (unpaired) electrons. The third-order valence-electron chi connectivity index (χ3n) is 4.90. The van der Waals surface area contributed by atoms with E-state index < -0.39 is 0 Å². The number of benzene rings is 3. The molecule has 6 heteroatoms. The molecule has 0 atom stereocenters. The summed E-state index contributed by atoms with van der Waals surface area (Å²) >= 11 is 15.2. The lowest BCUT2D eigenvalue weighted by atomic mass is 10.0. The fraction of sp³-hybridized carbons (Fsp3) is 0.125. The van der Waals surface area contributed by atoms with E-state index in [1.807, 2.05) is 61.5 Å². The summed E-state index contributed by atoms with van der Waals surface area (Å²) in [6.07, 6.45) is 1.83. The first-order valence-electron chi connectivity index (χ1n) is 9.47. The molecular weight excluding hydrogens is 532 g/mol. The molecule has 152 valence electrons. The van der Waals surface area contributed by atoms with Gasteiger partial charge in [0.2, 0.25) is 0 Å². The van der Waals surface area contributed by atoms with Crippen LogP contribution in [0.5, 0.6) is 5.75 Å². The molecule has 1 aliphatic heterocycles. The van der Waals surface area contributed by atoms with Gasteiger partial charge in [0.25, 0.3) is 5.91 Å². The lowest BCUT2D eigenvalue weighted by Crippen LogP contribution is -2.25. The maximum Gasteiger partial charge on any atom is 0.258 e. The van der Waals surface area contributed by atoms with Crippen LogP contribution in [-0.4, -0.2) is 12.5 Å². The van der Waals surface area contributed by atoms with Crippen molar-refractivity contribution < 1.29 is 9.53 Å². The van der Waals surface area contributed by atoms with Crippen molar-refractivity contribution in [3.8, 4) is 5.75 Å². The van der Waals surface area contributed by atoms with E-state index in [0.717, 1.165) is 25.9 Å². The van der Waals surface area contributed by atoms with E-state index in [1.165, 1.54) is 0 Å². The van der Waals surface area contributed by atoms with E-state index >= 15 is 0 Å². The standard InChI is InChI=1S/C24H18Cl2INO2/c1-2-28-22-6-4-3-5-18(22)19(24(28)29)11-16-12-20(25)23(21(26)13-16)30-14-15-7-9-17(27)10-8-15/h3-13H,2,14H2,1H3/b19-11-. The molecule has 0 N–H and O–H groups in total. The van der Waals surface area contributed by atoms with Gasteiger partial charge in [-0.1, -0.05) is 53.5 Å². The average Bonchev–Trinajstić information content (AvgIpc) is 3.00. The van der Waals surface area contributed by atoms with Crippen LogP contribution in [0.2, 0.25) is 10.0 Å². The van der Waals surface area contributed by atoms with Crippen LogP contribution < -0.4 is 9.64 Å². The molecule has 0 aromatic heterocycles. The Balaban J connectivity index is 1.62. The highest BCUT2D eigenvalue weighted by molar-refractivity contribution is 14.1. The zero-order valence-corrected chi connectivity index (χ0v) is 19.8. The molecule has 0 saturated carbocycles. The molecule has 1 amide bonds. The SMILES string of the molecule is CCN1C(=O)/C(=C\c2cc(Cl)c(OCc3ccc(I)cc3)c(Cl)c2)c2ccccc21. The quantitative estimate of drug-likeness (QED) is 0.251. The van der Waals surface area contributed by atoms with E-state index in [0.29, 0.717) is 34.5 Å². The number of amides is 1.